The highest BCUT2D eigenvalue weighted by Gasteiger charge is 2.32. The van der Waals surface area contributed by atoms with Crippen LogP contribution >= 0.6 is 23.6 Å². The van der Waals surface area contributed by atoms with Crippen molar-refractivity contribution < 1.29 is 9.53 Å². The van der Waals surface area contributed by atoms with Crippen molar-refractivity contribution in [1.29, 1.82) is 0 Å². The van der Waals surface area contributed by atoms with Crippen molar-refractivity contribution in [3.05, 3.63) is 87.7 Å². The van der Waals surface area contributed by atoms with E-state index in [0.29, 0.717) is 17.4 Å². The number of ether oxygens (including phenoxy) is 1. The monoisotopic (exact) mass is 420 g/mol. The Balaban J connectivity index is 1.50. The van der Waals surface area contributed by atoms with Gasteiger partial charge in [-0.05, 0) is 67.2 Å². The van der Waals surface area contributed by atoms with E-state index < -0.39 is 0 Å². The van der Waals surface area contributed by atoms with Gasteiger partial charge in [0.2, 0.25) is 0 Å². The molecule has 4 nitrogen and oxygen atoms in total. The van der Waals surface area contributed by atoms with Crippen LogP contribution in [0.15, 0.2) is 72.4 Å². The van der Waals surface area contributed by atoms with Crippen LogP contribution in [-0.2, 0) is 11.2 Å². The van der Waals surface area contributed by atoms with Crippen LogP contribution in [0, 0.1) is 0 Å². The van der Waals surface area contributed by atoms with Gasteiger partial charge in [-0.3, -0.25) is 9.69 Å². The van der Waals surface area contributed by atoms with Crippen LogP contribution in [0.3, 0.4) is 0 Å². The molecule has 146 valence electrons. The molecule has 1 fully saturated rings. The molecule has 4 rings (SSSR count). The number of rotatable bonds is 6. The Kier molecular flexibility index (Phi) is 5.74. The van der Waals surface area contributed by atoms with Crippen molar-refractivity contribution in [2.45, 2.75) is 13.3 Å². The van der Waals surface area contributed by atoms with Crippen molar-refractivity contribution in [3.8, 4) is 5.75 Å². The van der Waals surface area contributed by atoms with E-state index in [9.17, 15) is 4.79 Å². The smallest absolute Gasteiger partial charge is 0.281 e. The fraction of sp³-hybridized carbons (Fsp3) is 0.130. The summed E-state index contributed by atoms with van der Waals surface area (Å²) in [6.07, 6.45) is 2.75. The van der Waals surface area contributed by atoms with Crippen LogP contribution in [0.5, 0.6) is 5.75 Å². The summed E-state index contributed by atoms with van der Waals surface area (Å²) in [4.78, 5) is 16.7. The second-order valence-electron chi connectivity index (χ2n) is 6.52. The highest BCUT2D eigenvalue weighted by atomic mass is 32.1. The molecule has 0 bridgehead atoms. The number of hydrogen-bond donors (Lipinski definition) is 1. The lowest BCUT2D eigenvalue weighted by Gasteiger charge is -2.14. The predicted molar refractivity (Wildman–Crippen MR) is 122 cm³/mol. The molecule has 0 spiro atoms. The van der Waals surface area contributed by atoms with Gasteiger partial charge < -0.3 is 10.1 Å². The summed E-state index contributed by atoms with van der Waals surface area (Å²) in [7, 11) is 0. The summed E-state index contributed by atoms with van der Waals surface area (Å²) in [6, 6.07) is 21.8. The first-order valence-electron chi connectivity index (χ1n) is 9.36. The highest BCUT2D eigenvalue weighted by Crippen LogP contribution is 2.27. The number of thiocarbonyl (C=S) groups is 1. The Hall–Kier alpha value is -2.96. The van der Waals surface area contributed by atoms with Gasteiger partial charge in [-0.15, -0.1) is 11.3 Å². The standard InChI is InChI=1S/C23H20N2O2S2/c1-2-27-18-10-8-17(9-11-18)25-22(26)21(24-23(25)28)15-20-13-12-19(29-20)14-16-6-4-3-5-7-16/h3-13,15H,2,14H2,1H3,(H,24,28)/b21-15+. The Morgan fingerprint density at radius 3 is 2.55 bits per heavy atom. The van der Waals surface area contributed by atoms with E-state index in [-0.39, 0.29) is 5.91 Å². The van der Waals surface area contributed by atoms with E-state index in [2.05, 4.69) is 23.5 Å². The molecule has 0 saturated carbocycles. The third kappa shape index (κ3) is 4.39. The van der Waals surface area contributed by atoms with Crippen molar-refractivity contribution in [2.75, 3.05) is 11.5 Å². The predicted octanol–water partition coefficient (Wildman–Crippen LogP) is 5.00. The lowest BCUT2D eigenvalue weighted by molar-refractivity contribution is -0.113. The number of hydrogen-bond acceptors (Lipinski definition) is 4. The van der Waals surface area contributed by atoms with Crippen molar-refractivity contribution in [1.82, 2.24) is 5.32 Å². The third-order valence-corrected chi connectivity index (χ3v) is 5.79. The summed E-state index contributed by atoms with van der Waals surface area (Å²) in [5.74, 6) is 0.610. The molecule has 1 aliphatic rings. The number of nitrogens with one attached hydrogen (secondary N) is 1. The summed E-state index contributed by atoms with van der Waals surface area (Å²) in [5, 5.41) is 3.42. The number of amides is 1. The quantitative estimate of drug-likeness (QED) is 0.450. The van der Waals surface area contributed by atoms with Crippen LogP contribution in [0.4, 0.5) is 5.69 Å². The molecule has 1 aliphatic heterocycles. The van der Waals surface area contributed by atoms with Crippen LogP contribution in [0.1, 0.15) is 22.2 Å². The van der Waals surface area contributed by atoms with E-state index in [1.165, 1.54) is 15.3 Å². The molecule has 0 aliphatic carbocycles. The van der Waals surface area contributed by atoms with Crippen LogP contribution in [0.2, 0.25) is 0 Å². The van der Waals surface area contributed by atoms with Crippen LogP contribution in [0.25, 0.3) is 6.08 Å². The average molecular weight is 421 g/mol. The minimum atomic E-state index is -0.155. The normalized spacial score (nSPS) is 15.1. The zero-order valence-corrected chi connectivity index (χ0v) is 17.6. The minimum absolute atomic E-state index is 0.155. The first-order chi connectivity index (χ1) is 14.1. The molecule has 0 unspecified atom stereocenters. The van der Waals surface area contributed by atoms with E-state index in [1.54, 1.807) is 11.3 Å². The first kappa shape index (κ1) is 19.4. The Morgan fingerprint density at radius 2 is 1.83 bits per heavy atom. The van der Waals surface area contributed by atoms with Gasteiger partial charge in [-0.2, -0.15) is 0 Å². The number of anilines is 1. The lowest BCUT2D eigenvalue weighted by Crippen LogP contribution is -2.30. The molecule has 1 saturated heterocycles. The van der Waals surface area contributed by atoms with E-state index >= 15 is 0 Å². The number of nitrogens with zero attached hydrogens (tertiary/aromatic N) is 1. The van der Waals surface area contributed by atoms with E-state index in [1.807, 2.05) is 61.5 Å². The van der Waals surface area contributed by atoms with Gasteiger partial charge in [-0.1, -0.05) is 30.3 Å². The van der Waals surface area contributed by atoms with Gasteiger partial charge in [0.1, 0.15) is 11.4 Å². The molecular formula is C23H20N2O2S2. The third-order valence-electron chi connectivity index (χ3n) is 4.47. The zero-order chi connectivity index (χ0) is 20.2. The molecule has 2 aromatic carbocycles. The van der Waals surface area contributed by atoms with Crippen LogP contribution < -0.4 is 15.0 Å². The second kappa shape index (κ2) is 8.59. The molecule has 0 atom stereocenters. The van der Waals surface area contributed by atoms with Gasteiger partial charge in [0.05, 0.1) is 12.3 Å². The van der Waals surface area contributed by atoms with Crippen molar-refractivity contribution >= 4 is 46.3 Å². The zero-order valence-electron chi connectivity index (χ0n) is 15.9. The van der Waals surface area contributed by atoms with Crippen molar-refractivity contribution in [2.24, 2.45) is 0 Å². The first-order valence-corrected chi connectivity index (χ1v) is 10.6. The van der Waals surface area contributed by atoms with E-state index in [0.717, 1.165) is 22.7 Å². The van der Waals surface area contributed by atoms with Crippen LogP contribution in [-0.4, -0.2) is 17.6 Å². The molecule has 0 radical (unpaired) electrons. The molecule has 2 heterocycles. The maximum atomic E-state index is 12.9. The average Bonchev–Trinajstić information content (AvgIpc) is 3.27. The van der Waals surface area contributed by atoms with Gasteiger partial charge in [0.15, 0.2) is 5.11 Å². The fourth-order valence-electron chi connectivity index (χ4n) is 3.13. The Morgan fingerprint density at radius 1 is 1.07 bits per heavy atom. The second-order valence-corrected chi connectivity index (χ2v) is 8.11. The minimum Gasteiger partial charge on any atom is -0.494 e. The molecule has 6 heteroatoms. The molecule has 1 amide bonds. The maximum Gasteiger partial charge on any atom is 0.281 e. The van der Waals surface area contributed by atoms with Gasteiger partial charge >= 0.3 is 0 Å². The highest BCUT2D eigenvalue weighted by molar-refractivity contribution is 7.80. The van der Waals surface area contributed by atoms with Gasteiger partial charge in [0.25, 0.3) is 5.91 Å². The SMILES string of the molecule is CCOc1ccc(N2C(=O)/C(=C\c3ccc(Cc4ccccc4)s3)NC2=S)cc1. The molecule has 29 heavy (non-hydrogen) atoms. The Labute approximate surface area is 179 Å². The number of carbonyl (C=O) groups is 1. The summed E-state index contributed by atoms with van der Waals surface area (Å²) < 4.78 is 5.46. The largest absolute Gasteiger partial charge is 0.494 e. The summed E-state index contributed by atoms with van der Waals surface area (Å²) in [6.45, 7) is 2.53. The summed E-state index contributed by atoms with van der Waals surface area (Å²) in [5.41, 5.74) is 2.47. The lowest BCUT2D eigenvalue weighted by atomic mass is 10.1. The molecule has 1 N–H and O–H groups in total. The fourth-order valence-corrected chi connectivity index (χ4v) is 4.42. The summed E-state index contributed by atoms with van der Waals surface area (Å²) >= 11 is 7.07. The number of thiophene rings is 1. The van der Waals surface area contributed by atoms with Gasteiger partial charge in [-0.25, -0.2) is 0 Å². The molecule has 1 aromatic heterocycles. The molecule has 3 aromatic rings. The molecular weight excluding hydrogens is 400 g/mol. The van der Waals surface area contributed by atoms with Crippen molar-refractivity contribution in [3.63, 3.8) is 0 Å². The number of benzene rings is 2. The maximum absolute atomic E-state index is 12.9. The number of carbonyl (C=O) groups excluding carboxylic acids is 1. The van der Waals surface area contributed by atoms with Gasteiger partial charge in [0, 0.05) is 16.2 Å². The van der Waals surface area contributed by atoms with E-state index in [4.69, 9.17) is 17.0 Å². The topological polar surface area (TPSA) is 41.6 Å². The Bertz CT molecular complexity index is 1060.